The number of halogens is 1. The molecule has 5 unspecified atom stereocenters. The molecule has 1 amide bonds. The molecule has 47 heavy (non-hydrogen) atoms. The third kappa shape index (κ3) is 8.94. The van der Waals surface area contributed by atoms with Crippen LogP contribution in [0.2, 0.25) is 5.02 Å². The fourth-order valence-electron chi connectivity index (χ4n) is 7.42. The van der Waals surface area contributed by atoms with Crippen molar-refractivity contribution in [1.82, 2.24) is 4.90 Å². The number of esters is 1. The normalized spacial score (nSPS) is 24.3. The Labute approximate surface area is 286 Å². The summed E-state index contributed by atoms with van der Waals surface area (Å²) in [7, 11) is 3.24. The maximum Gasteiger partial charge on any atom is 0.410 e. The summed E-state index contributed by atoms with van der Waals surface area (Å²) in [5.74, 6) is 2.06. The molecule has 2 fully saturated rings. The second kappa shape index (κ2) is 15.5. The minimum absolute atomic E-state index is 0.151. The molecule has 9 heteroatoms. The van der Waals surface area contributed by atoms with Gasteiger partial charge >= 0.3 is 12.1 Å². The first-order valence-electron chi connectivity index (χ1n) is 17.4. The van der Waals surface area contributed by atoms with E-state index in [0.29, 0.717) is 36.5 Å². The van der Waals surface area contributed by atoms with E-state index in [4.69, 9.17) is 30.5 Å². The number of carbonyl (C=O) groups excluding carboxylic acids is 2. The van der Waals surface area contributed by atoms with Gasteiger partial charge in [-0.1, -0.05) is 31.0 Å². The first kappa shape index (κ1) is 35.3. The zero-order valence-corrected chi connectivity index (χ0v) is 29.8. The molecule has 8 nitrogen and oxygen atoms in total. The molecule has 2 aliphatic heterocycles. The molecule has 0 spiro atoms. The molecule has 0 N–H and O–H groups in total. The van der Waals surface area contributed by atoms with Crippen LogP contribution in [0.1, 0.15) is 93.6 Å². The lowest BCUT2D eigenvalue weighted by Gasteiger charge is -2.46. The van der Waals surface area contributed by atoms with Gasteiger partial charge in [0, 0.05) is 44.2 Å². The van der Waals surface area contributed by atoms with Gasteiger partial charge in [-0.25, -0.2) is 9.59 Å². The highest BCUT2D eigenvalue weighted by Gasteiger charge is 2.42. The van der Waals surface area contributed by atoms with Crippen LogP contribution in [-0.2, 0) is 20.6 Å². The second-order valence-corrected chi connectivity index (χ2v) is 15.1. The Morgan fingerprint density at radius 1 is 1.11 bits per heavy atom. The molecule has 0 radical (unpaired) electrons. The van der Waals surface area contributed by atoms with E-state index in [1.807, 2.05) is 46.0 Å². The number of ether oxygens (including phenoxy) is 4. The zero-order chi connectivity index (χ0) is 33.7. The largest absolute Gasteiger partial charge is 0.491 e. The number of rotatable bonds is 10. The maximum absolute atomic E-state index is 12.6. The number of aryl methyl sites for hydroxylation is 1. The van der Waals surface area contributed by atoms with E-state index < -0.39 is 5.60 Å². The standard InChI is InChI=1S/C38H53ClN2O6/c1-7-8-26-20-30(39)11-13-31(26)29-23-41(33-21-27(36(42)44-6)10-14-34(33)46-24-29)22-28-9-12-32(28)35-19-25(16-18-45-35)15-17-40(5)37(43)47-38(2,3)4/h10-11,13-14,20-21,25,28-29,32,35H,7-9,12,15-19,22-24H2,1-6H3. The number of methoxy groups -OCH3 is 1. The van der Waals surface area contributed by atoms with Gasteiger partial charge in [-0.2, -0.15) is 0 Å². The smallest absolute Gasteiger partial charge is 0.410 e. The van der Waals surface area contributed by atoms with Crippen molar-refractivity contribution in [3.8, 4) is 5.75 Å². The summed E-state index contributed by atoms with van der Waals surface area (Å²) in [5.41, 5.74) is 3.52. The number of hydrogen-bond donors (Lipinski definition) is 0. The van der Waals surface area contributed by atoms with Crippen molar-refractivity contribution in [2.45, 2.75) is 90.3 Å². The van der Waals surface area contributed by atoms with Gasteiger partial charge in [0.25, 0.3) is 0 Å². The van der Waals surface area contributed by atoms with Crippen LogP contribution in [0.5, 0.6) is 5.75 Å². The number of anilines is 1. The van der Waals surface area contributed by atoms with E-state index in [9.17, 15) is 9.59 Å². The predicted octanol–water partition coefficient (Wildman–Crippen LogP) is 8.14. The third-order valence-corrected chi connectivity index (χ3v) is 10.3. The molecule has 0 aromatic heterocycles. The van der Waals surface area contributed by atoms with Crippen molar-refractivity contribution >= 4 is 29.4 Å². The molecule has 5 atom stereocenters. The number of hydrogen-bond acceptors (Lipinski definition) is 7. The van der Waals surface area contributed by atoms with Crippen LogP contribution >= 0.6 is 11.6 Å². The predicted molar refractivity (Wildman–Crippen MR) is 186 cm³/mol. The SMILES string of the molecule is CCCc1cc(Cl)ccc1C1COc2ccc(C(=O)OC)cc2N(CC2CCC2C2CC(CCN(C)C(=O)OC(C)(C)C)CCO2)C1. The molecule has 0 bridgehead atoms. The lowest BCUT2D eigenvalue weighted by Crippen LogP contribution is -2.47. The van der Waals surface area contributed by atoms with Crippen molar-refractivity contribution < 1.29 is 28.5 Å². The van der Waals surface area contributed by atoms with Gasteiger partial charge in [-0.05, 0) is 119 Å². The lowest BCUT2D eigenvalue weighted by molar-refractivity contribution is -0.0838. The molecular formula is C38H53ClN2O6. The minimum atomic E-state index is -0.498. The van der Waals surface area contributed by atoms with Crippen LogP contribution in [0.3, 0.4) is 0 Å². The first-order chi connectivity index (χ1) is 22.5. The van der Waals surface area contributed by atoms with Gasteiger partial charge in [0.15, 0.2) is 0 Å². The Balaban J connectivity index is 1.30. The second-order valence-electron chi connectivity index (χ2n) is 14.7. The number of benzene rings is 2. The van der Waals surface area contributed by atoms with Gasteiger partial charge in [-0.3, -0.25) is 0 Å². The monoisotopic (exact) mass is 668 g/mol. The van der Waals surface area contributed by atoms with Crippen molar-refractivity contribution in [3.05, 3.63) is 58.1 Å². The quantitative estimate of drug-likeness (QED) is 0.237. The average molecular weight is 669 g/mol. The molecule has 2 aromatic carbocycles. The topological polar surface area (TPSA) is 77.5 Å². The Bertz CT molecular complexity index is 1390. The third-order valence-electron chi connectivity index (χ3n) is 10.1. The zero-order valence-electron chi connectivity index (χ0n) is 29.1. The van der Waals surface area contributed by atoms with Crippen LogP contribution in [0, 0.1) is 17.8 Å². The van der Waals surface area contributed by atoms with E-state index in [2.05, 4.69) is 24.0 Å². The first-order valence-corrected chi connectivity index (χ1v) is 17.8. The van der Waals surface area contributed by atoms with Gasteiger partial charge in [0.1, 0.15) is 11.4 Å². The summed E-state index contributed by atoms with van der Waals surface area (Å²) in [5, 5.41) is 0.759. The Morgan fingerprint density at radius 3 is 2.62 bits per heavy atom. The fraction of sp³-hybridized carbons (Fsp3) is 0.632. The molecular weight excluding hydrogens is 616 g/mol. The van der Waals surface area contributed by atoms with Crippen LogP contribution in [0.25, 0.3) is 0 Å². The molecule has 2 aromatic rings. The number of amides is 1. The summed E-state index contributed by atoms with van der Waals surface area (Å²) in [6, 6.07) is 11.9. The van der Waals surface area contributed by atoms with Gasteiger partial charge in [0.05, 0.1) is 31.1 Å². The highest BCUT2D eigenvalue weighted by Crippen LogP contribution is 2.45. The lowest BCUT2D eigenvalue weighted by atomic mass is 9.67. The maximum atomic E-state index is 12.6. The van der Waals surface area contributed by atoms with Crippen LogP contribution in [-0.4, -0.2) is 75.7 Å². The summed E-state index contributed by atoms with van der Waals surface area (Å²) < 4.78 is 23.5. The summed E-state index contributed by atoms with van der Waals surface area (Å²) in [4.78, 5) is 29.2. The van der Waals surface area contributed by atoms with Crippen molar-refractivity contribution in [2.75, 3.05) is 51.9 Å². The van der Waals surface area contributed by atoms with Crippen LogP contribution in [0.15, 0.2) is 36.4 Å². The molecule has 2 heterocycles. The van der Waals surface area contributed by atoms with Gasteiger partial charge in [-0.15, -0.1) is 0 Å². The van der Waals surface area contributed by atoms with Crippen molar-refractivity contribution in [3.63, 3.8) is 0 Å². The number of fused-ring (bicyclic) bond motifs is 1. The Hall–Kier alpha value is -2.97. The Kier molecular flexibility index (Phi) is 11.7. The summed E-state index contributed by atoms with van der Waals surface area (Å²) in [6.07, 6.45) is 7.23. The molecule has 5 rings (SSSR count). The molecule has 3 aliphatic rings. The van der Waals surface area contributed by atoms with E-state index in [-0.39, 0.29) is 24.1 Å². The highest BCUT2D eigenvalue weighted by atomic mass is 35.5. The van der Waals surface area contributed by atoms with Crippen molar-refractivity contribution in [1.29, 1.82) is 0 Å². The molecule has 1 saturated heterocycles. The minimum Gasteiger partial charge on any atom is -0.491 e. The van der Waals surface area contributed by atoms with E-state index in [1.165, 1.54) is 18.2 Å². The summed E-state index contributed by atoms with van der Waals surface area (Å²) >= 11 is 6.43. The van der Waals surface area contributed by atoms with E-state index >= 15 is 0 Å². The number of nitrogens with zero attached hydrogens (tertiary/aromatic N) is 2. The van der Waals surface area contributed by atoms with Crippen molar-refractivity contribution in [2.24, 2.45) is 17.8 Å². The van der Waals surface area contributed by atoms with Crippen LogP contribution < -0.4 is 9.64 Å². The summed E-state index contributed by atoms with van der Waals surface area (Å²) in [6.45, 7) is 11.5. The fourth-order valence-corrected chi connectivity index (χ4v) is 7.62. The number of carbonyl (C=O) groups is 2. The molecule has 1 aliphatic carbocycles. The van der Waals surface area contributed by atoms with Gasteiger partial charge < -0.3 is 28.7 Å². The van der Waals surface area contributed by atoms with Crippen LogP contribution in [0.4, 0.5) is 10.5 Å². The average Bonchev–Trinajstić information content (AvgIpc) is 3.20. The van der Waals surface area contributed by atoms with Gasteiger partial charge in [0.2, 0.25) is 0 Å². The van der Waals surface area contributed by atoms with E-state index in [0.717, 1.165) is 81.1 Å². The molecule has 258 valence electrons. The molecule has 1 saturated carbocycles. The Morgan fingerprint density at radius 2 is 1.91 bits per heavy atom. The highest BCUT2D eigenvalue weighted by molar-refractivity contribution is 6.30. The van der Waals surface area contributed by atoms with E-state index in [1.54, 1.807) is 11.0 Å².